The zero-order valence-electron chi connectivity index (χ0n) is 12.0. The molecule has 0 atom stereocenters. The molecule has 1 heterocycles. The predicted molar refractivity (Wildman–Crippen MR) is 90.7 cm³/mol. The van der Waals surface area contributed by atoms with Crippen molar-refractivity contribution < 1.29 is 10.0 Å². The molecule has 0 aliphatic heterocycles. The summed E-state index contributed by atoms with van der Waals surface area (Å²) in [6, 6.07) is 14.9. The normalized spacial score (nSPS) is 10.7. The molecule has 0 spiro atoms. The van der Waals surface area contributed by atoms with Gasteiger partial charge in [-0.1, -0.05) is 40.2 Å². The molecule has 5 nitrogen and oxygen atoms in total. The smallest absolute Gasteiger partial charge is 0.280 e. The number of benzene rings is 2. The quantitative estimate of drug-likeness (QED) is 0.548. The molecule has 2 aromatic carbocycles. The van der Waals surface area contributed by atoms with Gasteiger partial charge in [0.25, 0.3) is 5.91 Å². The Labute approximate surface area is 140 Å². The summed E-state index contributed by atoms with van der Waals surface area (Å²) < 4.78 is 2.80. The highest BCUT2D eigenvalue weighted by Crippen LogP contribution is 2.16. The van der Waals surface area contributed by atoms with Crippen LogP contribution in [-0.4, -0.2) is 15.7 Å². The molecule has 3 rings (SSSR count). The lowest BCUT2D eigenvalue weighted by Gasteiger charge is -2.13. The summed E-state index contributed by atoms with van der Waals surface area (Å²) in [6.07, 6.45) is 1.47. The van der Waals surface area contributed by atoms with Gasteiger partial charge < -0.3 is 4.57 Å². The van der Waals surface area contributed by atoms with E-state index < -0.39 is 11.3 Å². The maximum Gasteiger partial charge on any atom is 0.280 e. The zero-order chi connectivity index (χ0) is 16.4. The van der Waals surface area contributed by atoms with Crippen LogP contribution in [-0.2, 0) is 6.54 Å². The molecule has 23 heavy (non-hydrogen) atoms. The minimum Gasteiger partial charge on any atom is -0.342 e. The van der Waals surface area contributed by atoms with Gasteiger partial charge in [-0.15, -0.1) is 0 Å². The van der Waals surface area contributed by atoms with E-state index in [0.717, 1.165) is 15.6 Å². The van der Waals surface area contributed by atoms with Gasteiger partial charge in [0.2, 0.25) is 5.43 Å². The van der Waals surface area contributed by atoms with Gasteiger partial charge in [-0.25, -0.2) is 5.48 Å². The lowest BCUT2D eigenvalue weighted by molar-refractivity contribution is 0.0704. The highest BCUT2D eigenvalue weighted by Gasteiger charge is 2.14. The van der Waals surface area contributed by atoms with E-state index in [-0.39, 0.29) is 5.56 Å². The van der Waals surface area contributed by atoms with Gasteiger partial charge >= 0.3 is 0 Å². The summed E-state index contributed by atoms with van der Waals surface area (Å²) in [5.41, 5.74) is 2.79. The van der Waals surface area contributed by atoms with E-state index in [9.17, 15) is 9.59 Å². The first kappa shape index (κ1) is 15.5. The Hall–Kier alpha value is -2.44. The molecule has 3 aromatic rings. The number of fused-ring (bicyclic) bond motifs is 1. The Bertz CT molecular complexity index is 933. The number of amides is 1. The molecule has 0 aliphatic rings. The van der Waals surface area contributed by atoms with E-state index in [4.69, 9.17) is 5.21 Å². The number of hydrogen-bond acceptors (Lipinski definition) is 3. The molecule has 0 fully saturated rings. The number of para-hydroxylation sites is 1. The third kappa shape index (κ3) is 3.04. The minimum atomic E-state index is -0.815. The van der Waals surface area contributed by atoms with E-state index in [2.05, 4.69) is 15.9 Å². The van der Waals surface area contributed by atoms with Crippen LogP contribution in [0, 0.1) is 0 Å². The van der Waals surface area contributed by atoms with E-state index in [0.29, 0.717) is 11.9 Å². The summed E-state index contributed by atoms with van der Waals surface area (Å²) in [4.78, 5) is 24.1. The lowest BCUT2D eigenvalue weighted by Crippen LogP contribution is -2.27. The van der Waals surface area contributed by atoms with Gasteiger partial charge in [0.15, 0.2) is 0 Å². The first-order valence-electron chi connectivity index (χ1n) is 6.91. The number of rotatable bonds is 3. The molecular formula is C17H13BrN2O3. The number of hydrogen-bond donors (Lipinski definition) is 2. The molecule has 1 aromatic heterocycles. The van der Waals surface area contributed by atoms with Gasteiger partial charge in [0.05, 0.1) is 5.52 Å². The van der Waals surface area contributed by atoms with E-state index in [1.807, 2.05) is 41.0 Å². The summed E-state index contributed by atoms with van der Waals surface area (Å²) >= 11 is 3.39. The van der Waals surface area contributed by atoms with Crippen molar-refractivity contribution >= 4 is 32.7 Å². The lowest BCUT2D eigenvalue weighted by atomic mass is 10.1. The molecule has 0 saturated carbocycles. The van der Waals surface area contributed by atoms with Gasteiger partial charge in [0, 0.05) is 22.6 Å². The number of hydroxylamine groups is 1. The molecule has 0 bridgehead atoms. The average molecular weight is 373 g/mol. The van der Waals surface area contributed by atoms with Crippen LogP contribution in [0.5, 0.6) is 0 Å². The maximum absolute atomic E-state index is 12.4. The number of nitrogens with one attached hydrogen (secondary N) is 1. The van der Waals surface area contributed by atoms with Crippen molar-refractivity contribution in [2.24, 2.45) is 0 Å². The Morgan fingerprint density at radius 2 is 1.83 bits per heavy atom. The maximum atomic E-state index is 12.4. The Balaban J connectivity index is 2.18. The van der Waals surface area contributed by atoms with Crippen molar-refractivity contribution in [2.45, 2.75) is 6.54 Å². The van der Waals surface area contributed by atoms with Crippen LogP contribution >= 0.6 is 15.9 Å². The molecular weight excluding hydrogens is 360 g/mol. The molecule has 1 amide bonds. The Morgan fingerprint density at radius 3 is 2.52 bits per heavy atom. The van der Waals surface area contributed by atoms with Gasteiger partial charge in [-0.2, -0.15) is 0 Å². The highest BCUT2D eigenvalue weighted by molar-refractivity contribution is 9.10. The molecule has 0 aliphatic carbocycles. The van der Waals surface area contributed by atoms with Gasteiger partial charge in [0.1, 0.15) is 5.56 Å². The Kier molecular flexibility index (Phi) is 4.27. The van der Waals surface area contributed by atoms with Crippen LogP contribution < -0.4 is 10.9 Å². The number of carbonyl (C=O) groups is 1. The molecule has 6 heteroatoms. The fourth-order valence-corrected chi connectivity index (χ4v) is 2.75. The Morgan fingerprint density at radius 1 is 1.13 bits per heavy atom. The fraction of sp³-hybridized carbons (Fsp3) is 0.0588. The number of halogens is 1. The summed E-state index contributed by atoms with van der Waals surface area (Å²) in [7, 11) is 0. The SMILES string of the molecule is O=C(NO)c1cn(Cc2ccc(Br)cc2)c2ccccc2c1=O. The second-order valence-corrected chi connectivity index (χ2v) is 6.00. The van der Waals surface area contributed by atoms with Crippen LogP contribution in [0.2, 0.25) is 0 Å². The monoisotopic (exact) mass is 372 g/mol. The van der Waals surface area contributed by atoms with Crippen molar-refractivity contribution in [3.63, 3.8) is 0 Å². The topological polar surface area (TPSA) is 71.3 Å². The first-order chi connectivity index (χ1) is 11.1. The minimum absolute atomic E-state index is 0.0942. The van der Waals surface area contributed by atoms with Crippen molar-refractivity contribution in [1.29, 1.82) is 0 Å². The van der Waals surface area contributed by atoms with Crippen molar-refractivity contribution in [3.8, 4) is 0 Å². The highest BCUT2D eigenvalue weighted by atomic mass is 79.9. The van der Waals surface area contributed by atoms with Crippen molar-refractivity contribution in [3.05, 3.63) is 80.6 Å². The molecule has 0 radical (unpaired) electrons. The van der Waals surface area contributed by atoms with E-state index in [1.54, 1.807) is 12.1 Å². The second-order valence-electron chi connectivity index (χ2n) is 5.08. The van der Waals surface area contributed by atoms with E-state index >= 15 is 0 Å². The van der Waals surface area contributed by atoms with Crippen LogP contribution in [0.15, 0.2) is 64.0 Å². The number of carbonyl (C=O) groups excluding carboxylic acids is 1. The first-order valence-corrected chi connectivity index (χ1v) is 7.70. The largest absolute Gasteiger partial charge is 0.342 e. The standard InChI is InChI=1S/C17H13BrN2O3/c18-12-7-5-11(6-8-12)9-20-10-14(17(22)19-23)16(21)13-3-1-2-4-15(13)20/h1-8,10,23H,9H2,(H,19,22). The summed E-state index contributed by atoms with van der Waals surface area (Å²) in [5, 5.41) is 9.28. The molecule has 0 unspecified atom stereocenters. The predicted octanol–water partition coefficient (Wildman–Crippen LogP) is 2.93. The number of nitrogens with zero attached hydrogens (tertiary/aromatic N) is 1. The summed E-state index contributed by atoms with van der Waals surface area (Å²) in [6.45, 7) is 0.500. The molecule has 2 N–H and O–H groups in total. The summed E-state index contributed by atoms with van der Waals surface area (Å²) in [5.74, 6) is -0.815. The number of pyridine rings is 1. The molecule has 116 valence electrons. The van der Waals surface area contributed by atoms with Crippen LogP contribution in [0.4, 0.5) is 0 Å². The van der Waals surface area contributed by atoms with Crippen molar-refractivity contribution in [1.82, 2.24) is 10.0 Å². The van der Waals surface area contributed by atoms with Crippen LogP contribution in [0.3, 0.4) is 0 Å². The van der Waals surface area contributed by atoms with Crippen LogP contribution in [0.25, 0.3) is 10.9 Å². The third-order valence-electron chi connectivity index (χ3n) is 3.60. The van der Waals surface area contributed by atoms with Crippen LogP contribution in [0.1, 0.15) is 15.9 Å². The third-order valence-corrected chi connectivity index (χ3v) is 4.13. The zero-order valence-corrected chi connectivity index (χ0v) is 13.6. The van der Waals surface area contributed by atoms with E-state index in [1.165, 1.54) is 11.7 Å². The fourth-order valence-electron chi connectivity index (χ4n) is 2.48. The molecule has 0 saturated heterocycles. The average Bonchev–Trinajstić information content (AvgIpc) is 2.58. The number of aromatic nitrogens is 1. The van der Waals surface area contributed by atoms with Gasteiger partial charge in [-0.05, 0) is 29.8 Å². The second kappa shape index (κ2) is 6.36. The van der Waals surface area contributed by atoms with Gasteiger partial charge in [-0.3, -0.25) is 14.8 Å². The van der Waals surface area contributed by atoms with Crippen molar-refractivity contribution in [2.75, 3.05) is 0 Å².